The average molecular weight is 202 g/mol. The predicted molar refractivity (Wildman–Crippen MR) is 53.1 cm³/mol. The smallest absolute Gasteiger partial charge is 0.248 e. The molecule has 0 atom stereocenters. The fourth-order valence-electron chi connectivity index (χ4n) is 0.912. The Bertz CT molecular complexity index is 196. The first-order valence-electron chi connectivity index (χ1n) is 4.54. The number of likely N-dealkylation sites (N-methyl/N-ethyl adjacent to an activating group) is 1. The SMILES string of the molecule is CCCNC(=O)CN(C)CC(=O)NN. The summed E-state index contributed by atoms with van der Waals surface area (Å²) in [6.45, 7) is 2.96. The van der Waals surface area contributed by atoms with Gasteiger partial charge in [0, 0.05) is 6.54 Å². The second-order valence-corrected chi connectivity index (χ2v) is 3.09. The van der Waals surface area contributed by atoms with E-state index < -0.39 is 0 Å². The minimum atomic E-state index is -0.309. The van der Waals surface area contributed by atoms with Crippen molar-refractivity contribution in [1.82, 2.24) is 15.6 Å². The van der Waals surface area contributed by atoms with E-state index in [0.717, 1.165) is 6.42 Å². The Balaban J connectivity index is 3.65. The second kappa shape index (κ2) is 7.28. The summed E-state index contributed by atoms with van der Waals surface area (Å²) in [5, 5.41) is 2.71. The van der Waals surface area contributed by atoms with Gasteiger partial charge in [0.15, 0.2) is 0 Å². The summed E-state index contributed by atoms with van der Waals surface area (Å²) < 4.78 is 0. The molecule has 0 heterocycles. The average Bonchev–Trinajstić information content (AvgIpc) is 2.14. The number of amides is 2. The van der Waals surface area contributed by atoms with E-state index in [2.05, 4.69) is 5.32 Å². The minimum Gasteiger partial charge on any atom is -0.355 e. The van der Waals surface area contributed by atoms with Gasteiger partial charge >= 0.3 is 0 Å². The van der Waals surface area contributed by atoms with Crippen molar-refractivity contribution in [1.29, 1.82) is 0 Å². The zero-order valence-corrected chi connectivity index (χ0v) is 8.67. The molecule has 6 heteroatoms. The van der Waals surface area contributed by atoms with Crippen LogP contribution in [0.4, 0.5) is 0 Å². The molecule has 0 aromatic carbocycles. The van der Waals surface area contributed by atoms with Gasteiger partial charge in [0.1, 0.15) is 0 Å². The lowest BCUT2D eigenvalue weighted by Gasteiger charge is -2.14. The molecule has 0 spiro atoms. The molecule has 2 amide bonds. The summed E-state index contributed by atoms with van der Waals surface area (Å²) in [6, 6.07) is 0. The molecule has 0 unspecified atom stereocenters. The topological polar surface area (TPSA) is 87.5 Å². The Morgan fingerprint density at radius 1 is 1.29 bits per heavy atom. The molecule has 0 aliphatic heterocycles. The lowest BCUT2D eigenvalue weighted by atomic mass is 10.4. The largest absolute Gasteiger partial charge is 0.355 e. The Kier molecular flexibility index (Phi) is 6.69. The quantitative estimate of drug-likeness (QED) is 0.276. The third kappa shape index (κ3) is 6.38. The number of nitrogens with two attached hydrogens (primary N) is 1. The van der Waals surface area contributed by atoms with Crippen LogP contribution in [0.1, 0.15) is 13.3 Å². The Morgan fingerprint density at radius 2 is 1.86 bits per heavy atom. The second-order valence-electron chi connectivity index (χ2n) is 3.09. The number of nitrogens with zero attached hydrogens (tertiary/aromatic N) is 1. The van der Waals surface area contributed by atoms with Crippen LogP contribution in [0.25, 0.3) is 0 Å². The van der Waals surface area contributed by atoms with E-state index >= 15 is 0 Å². The van der Waals surface area contributed by atoms with Crippen molar-refractivity contribution in [3.8, 4) is 0 Å². The number of rotatable bonds is 6. The molecule has 0 saturated heterocycles. The third-order valence-corrected chi connectivity index (χ3v) is 1.56. The van der Waals surface area contributed by atoms with Crippen molar-refractivity contribution >= 4 is 11.8 Å². The van der Waals surface area contributed by atoms with Crippen molar-refractivity contribution in [3.63, 3.8) is 0 Å². The van der Waals surface area contributed by atoms with Crippen LogP contribution < -0.4 is 16.6 Å². The first kappa shape index (κ1) is 12.9. The number of nitrogens with one attached hydrogen (secondary N) is 2. The normalized spacial score (nSPS) is 10.0. The van der Waals surface area contributed by atoms with Crippen LogP contribution in [0, 0.1) is 0 Å². The van der Waals surface area contributed by atoms with Crippen molar-refractivity contribution in [3.05, 3.63) is 0 Å². The van der Waals surface area contributed by atoms with Gasteiger partial charge in [-0.15, -0.1) is 0 Å². The Morgan fingerprint density at radius 3 is 2.36 bits per heavy atom. The standard InChI is InChI=1S/C8H18N4O2/c1-3-4-10-7(13)5-12(2)6-8(14)11-9/h3-6,9H2,1-2H3,(H,10,13)(H,11,14). The maximum absolute atomic E-state index is 11.2. The molecule has 4 N–H and O–H groups in total. The van der Waals surface area contributed by atoms with E-state index in [-0.39, 0.29) is 24.9 Å². The molecule has 0 saturated carbocycles. The molecule has 0 bridgehead atoms. The van der Waals surface area contributed by atoms with Crippen LogP contribution in [-0.2, 0) is 9.59 Å². The molecule has 0 aromatic rings. The number of hydrogen-bond acceptors (Lipinski definition) is 4. The number of carbonyl (C=O) groups excluding carboxylic acids is 2. The van der Waals surface area contributed by atoms with Crippen LogP contribution in [0.3, 0.4) is 0 Å². The van der Waals surface area contributed by atoms with Gasteiger partial charge in [0.05, 0.1) is 13.1 Å². The molecular weight excluding hydrogens is 184 g/mol. The van der Waals surface area contributed by atoms with Crippen molar-refractivity contribution in [2.45, 2.75) is 13.3 Å². The minimum absolute atomic E-state index is 0.0841. The fourth-order valence-corrected chi connectivity index (χ4v) is 0.912. The number of hydrazine groups is 1. The molecular formula is C8H18N4O2. The van der Waals surface area contributed by atoms with E-state index in [1.165, 1.54) is 0 Å². The summed E-state index contributed by atoms with van der Waals surface area (Å²) in [5.74, 6) is 4.51. The van der Waals surface area contributed by atoms with Crippen molar-refractivity contribution in [2.75, 3.05) is 26.7 Å². The lowest BCUT2D eigenvalue weighted by Crippen LogP contribution is -2.42. The van der Waals surface area contributed by atoms with E-state index in [1.54, 1.807) is 11.9 Å². The maximum Gasteiger partial charge on any atom is 0.248 e. The molecule has 0 aromatic heterocycles. The highest BCUT2D eigenvalue weighted by atomic mass is 16.2. The maximum atomic E-state index is 11.2. The van der Waals surface area contributed by atoms with E-state index in [4.69, 9.17) is 5.84 Å². The van der Waals surface area contributed by atoms with Gasteiger partial charge in [0.25, 0.3) is 0 Å². The first-order valence-corrected chi connectivity index (χ1v) is 4.54. The summed E-state index contributed by atoms with van der Waals surface area (Å²) >= 11 is 0. The van der Waals surface area contributed by atoms with Crippen molar-refractivity contribution < 1.29 is 9.59 Å². The first-order chi connectivity index (χ1) is 6.60. The van der Waals surface area contributed by atoms with E-state index in [0.29, 0.717) is 6.54 Å². The van der Waals surface area contributed by atoms with Crippen molar-refractivity contribution in [2.24, 2.45) is 5.84 Å². The highest BCUT2D eigenvalue weighted by molar-refractivity contribution is 5.80. The molecule has 0 aliphatic rings. The third-order valence-electron chi connectivity index (χ3n) is 1.56. The number of carbonyl (C=O) groups is 2. The molecule has 82 valence electrons. The summed E-state index contributed by atoms with van der Waals surface area (Å²) in [5.41, 5.74) is 2.00. The van der Waals surface area contributed by atoms with Gasteiger partial charge in [-0.25, -0.2) is 5.84 Å². The van der Waals surface area contributed by atoms with Crippen LogP contribution in [0.2, 0.25) is 0 Å². The van der Waals surface area contributed by atoms with Gasteiger partial charge in [0.2, 0.25) is 11.8 Å². The monoisotopic (exact) mass is 202 g/mol. The Hall–Kier alpha value is -1.14. The van der Waals surface area contributed by atoms with Gasteiger partial charge < -0.3 is 5.32 Å². The van der Waals surface area contributed by atoms with Gasteiger partial charge in [-0.05, 0) is 13.5 Å². The fraction of sp³-hybridized carbons (Fsp3) is 0.750. The predicted octanol–water partition coefficient (Wildman–Crippen LogP) is -1.57. The van der Waals surface area contributed by atoms with E-state index in [9.17, 15) is 9.59 Å². The molecule has 14 heavy (non-hydrogen) atoms. The Labute approximate surface area is 83.8 Å². The van der Waals surface area contributed by atoms with E-state index in [1.807, 2.05) is 12.3 Å². The molecule has 0 fully saturated rings. The zero-order valence-electron chi connectivity index (χ0n) is 8.67. The molecule has 0 aliphatic carbocycles. The van der Waals surface area contributed by atoms with Gasteiger partial charge in [-0.2, -0.15) is 0 Å². The summed E-state index contributed by atoms with van der Waals surface area (Å²) in [6.07, 6.45) is 0.902. The van der Waals surface area contributed by atoms with Gasteiger partial charge in [-0.1, -0.05) is 6.92 Å². The summed E-state index contributed by atoms with van der Waals surface area (Å²) in [7, 11) is 1.68. The molecule has 6 nitrogen and oxygen atoms in total. The van der Waals surface area contributed by atoms with Crippen LogP contribution >= 0.6 is 0 Å². The zero-order chi connectivity index (χ0) is 11.0. The molecule has 0 rings (SSSR count). The summed E-state index contributed by atoms with van der Waals surface area (Å²) in [4.78, 5) is 23.6. The van der Waals surface area contributed by atoms with Crippen LogP contribution in [0.15, 0.2) is 0 Å². The van der Waals surface area contributed by atoms with Crippen LogP contribution in [-0.4, -0.2) is 43.4 Å². The highest BCUT2D eigenvalue weighted by Gasteiger charge is 2.08. The lowest BCUT2D eigenvalue weighted by molar-refractivity contribution is -0.124. The highest BCUT2D eigenvalue weighted by Crippen LogP contribution is 1.82. The van der Waals surface area contributed by atoms with Crippen LogP contribution in [0.5, 0.6) is 0 Å². The molecule has 0 radical (unpaired) electrons. The van der Waals surface area contributed by atoms with Gasteiger partial charge in [-0.3, -0.25) is 19.9 Å². The number of hydrogen-bond donors (Lipinski definition) is 3.